The molecule has 0 aliphatic carbocycles. The van der Waals surface area contributed by atoms with Crippen LogP contribution in [0.15, 0.2) is 72.9 Å². The van der Waals surface area contributed by atoms with E-state index in [2.05, 4.69) is 10.4 Å². The number of alkyl halides is 3. The van der Waals surface area contributed by atoms with E-state index in [4.69, 9.17) is 9.84 Å². The van der Waals surface area contributed by atoms with Crippen LogP contribution in [0.1, 0.15) is 24.2 Å². The second-order valence-corrected chi connectivity index (χ2v) is 7.93. The summed E-state index contributed by atoms with van der Waals surface area (Å²) in [6, 6.07) is 14.8. The summed E-state index contributed by atoms with van der Waals surface area (Å²) in [7, 11) is 0. The molecule has 0 radical (unpaired) electrons. The van der Waals surface area contributed by atoms with Gasteiger partial charge in [0.2, 0.25) is 5.91 Å². The standard InChI is InChI=1S/C25H21F4N3O3/c1-15(31-23(34)14-33)24(16-2-4-18(5-3-16)25(27,28)29)35-21-10-11-22-17(12-21)13-30-32(22)20-8-6-19(26)7-9-20/h2-13,15,24,33H,14H2,1H3,(H,31,34)/t15-,24-/m0/s1. The van der Waals surface area contributed by atoms with Crippen molar-refractivity contribution >= 4 is 16.8 Å². The number of aliphatic hydroxyl groups is 1. The van der Waals surface area contributed by atoms with Gasteiger partial charge in [0.05, 0.1) is 29.0 Å². The van der Waals surface area contributed by atoms with Gasteiger partial charge in [0.1, 0.15) is 24.3 Å². The first-order valence-electron chi connectivity index (χ1n) is 10.6. The Labute approximate surface area is 197 Å². The van der Waals surface area contributed by atoms with Crippen molar-refractivity contribution in [1.29, 1.82) is 0 Å². The number of aromatic nitrogens is 2. The largest absolute Gasteiger partial charge is 0.484 e. The molecular weight excluding hydrogens is 466 g/mol. The molecule has 0 saturated heterocycles. The van der Waals surface area contributed by atoms with E-state index < -0.39 is 36.4 Å². The van der Waals surface area contributed by atoms with Gasteiger partial charge >= 0.3 is 6.18 Å². The molecule has 2 atom stereocenters. The minimum atomic E-state index is -4.48. The molecule has 6 nitrogen and oxygen atoms in total. The van der Waals surface area contributed by atoms with Gasteiger partial charge in [-0.15, -0.1) is 0 Å². The van der Waals surface area contributed by atoms with Crippen LogP contribution >= 0.6 is 0 Å². The number of ether oxygens (including phenoxy) is 1. The molecule has 0 spiro atoms. The van der Waals surface area contributed by atoms with Crippen molar-refractivity contribution in [2.45, 2.75) is 25.2 Å². The Hall–Kier alpha value is -3.92. The Morgan fingerprint density at radius 1 is 1.09 bits per heavy atom. The Morgan fingerprint density at radius 3 is 2.40 bits per heavy atom. The Morgan fingerprint density at radius 2 is 1.77 bits per heavy atom. The fraction of sp³-hybridized carbons (Fsp3) is 0.200. The summed E-state index contributed by atoms with van der Waals surface area (Å²) in [5.41, 5.74) is 1.00. The van der Waals surface area contributed by atoms with E-state index in [9.17, 15) is 22.4 Å². The van der Waals surface area contributed by atoms with Crippen LogP contribution in [0.2, 0.25) is 0 Å². The number of nitrogens with one attached hydrogen (secondary N) is 1. The molecule has 0 bridgehead atoms. The minimum absolute atomic E-state index is 0.363. The van der Waals surface area contributed by atoms with E-state index in [0.717, 1.165) is 17.6 Å². The smallest absolute Gasteiger partial charge is 0.416 e. The van der Waals surface area contributed by atoms with Crippen LogP contribution < -0.4 is 10.1 Å². The van der Waals surface area contributed by atoms with E-state index in [-0.39, 0.29) is 5.82 Å². The number of carbonyl (C=O) groups excluding carboxylic acids is 1. The SMILES string of the molecule is C[C@H](NC(=O)CO)[C@H](Oc1ccc2c(cnn2-c2ccc(F)cc2)c1)c1ccc(C(F)(F)F)cc1. The van der Waals surface area contributed by atoms with E-state index >= 15 is 0 Å². The molecule has 4 rings (SSSR count). The monoisotopic (exact) mass is 487 g/mol. The molecule has 35 heavy (non-hydrogen) atoms. The predicted octanol–water partition coefficient (Wildman–Crippen LogP) is 4.80. The fourth-order valence-electron chi connectivity index (χ4n) is 3.71. The van der Waals surface area contributed by atoms with E-state index in [0.29, 0.717) is 22.4 Å². The minimum Gasteiger partial charge on any atom is -0.484 e. The molecular formula is C25H21F4N3O3. The number of carbonyl (C=O) groups is 1. The lowest BCUT2D eigenvalue weighted by molar-refractivity contribution is -0.137. The van der Waals surface area contributed by atoms with E-state index in [1.165, 1.54) is 24.3 Å². The Balaban J connectivity index is 1.64. The number of hydrogen-bond donors (Lipinski definition) is 2. The summed E-state index contributed by atoms with van der Waals surface area (Å²) in [5, 5.41) is 16.7. The molecule has 4 aromatic rings. The summed E-state index contributed by atoms with van der Waals surface area (Å²) >= 11 is 0. The molecule has 182 valence electrons. The van der Waals surface area contributed by atoms with Gasteiger partial charge in [-0.25, -0.2) is 9.07 Å². The van der Waals surface area contributed by atoms with Crippen LogP contribution in [0.3, 0.4) is 0 Å². The first-order chi connectivity index (χ1) is 16.7. The van der Waals surface area contributed by atoms with Crippen molar-refractivity contribution in [1.82, 2.24) is 15.1 Å². The Kier molecular flexibility index (Phi) is 6.74. The van der Waals surface area contributed by atoms with E-state index in [1.807, 2.05) is 0 Å². The third kappa shape index (κ3) is 5.43. The molecule has 0 aliphatic rings. The number of benzene rings is 3. The van der Waals surface area contributed by atoms with E-state index in [1.54, 1.807) is 48.1 Å². The lowest BCUT2D eigenvalue weighted by Crippen LogP contribution is -2.40. The van der Waals surface area contributed by atoms with Crippen molar-refractivity contribution < 1.29 is 32.2 Å². The van der Waals surface area contributed by atoms with Crippen LogP contribution in [0.4, 0.5) is 17.6 Å². The predicted molar refractivity (Wildman–Crippen MR) is 121 cm³/mol. The number of amides is 1. The van der Waals surface area contributed by atoms with Crippen molar-refractivity contribution in [3.63, 3.8) is 0 Å². The highest BCUT2D eigenvalue weighted by molar-refractivity contribution is 5.81. The van der Waals surface area contributed by atoms with Crippen molar-refractivity contribution in [3.8, 4) is 11.4 Å². The molecule has 0 aliphatic heterocycles. The molecule has 10 heteroatoms. The summed E-state index contributed by atoms with van der Waals surface area (Å²) < 4.78 is 60.0. The van der Waals surface area contributed by atoms with Crippen LogP contribution in [-0.2, 0) is 11.0 Å². The molecule has 0 saturated carbocycles. The lowest BCUT2D eigenvalue weighted by atomic mass is 10.0. The maximum atomic E-state index is 13.3. The van der Waals surface area contributed by atoms with Gasteiger partial charge < -0.3 is 15.2 Å². The van der Waals surface area contributed by atoms with Crippen molar-refractivity contribution in [2.75, 3.05) is 6.61 Å². The van der Waals surface area contributed by atoms with Gasteiger partial charge in [-0.05, 0) is 67.1 Å². The average molecular weight is 487 g/mol. The van der Waals surface area contributed by atoms with Gasteiger partial charge in [-0.1, -0.05) is 12.1 Å². The summed E-state index contributed by atoms with van der Waals surface area (Å²) in [6.07, 6.45) is -3.73. The first kappa shape index (κ1) is 24.2. The van der Waals surface area contributed by atoms with Crippen molar-refractivity contribution in [2.24, 2.45) is 0 Å². The Bertz CT molecular complexity index is 1320. The number of nitrogens with zero attached hydrogens (tertiary/aromatic N) is 2. The molecule has 1 heterocycles. The first-order valence-corrected chi connectivity index (χ1v) is 10.6. The third-order valence-electron chi connectivity index (χ3n) is 5.43. The van der Waals surface area contributed by atoms with Gasteiger partial charge in [0.15, 0.2) is 0 Å². The number of hydrogen-bond acceptors (Lipinski definition) is 4. The maximum absolute atomic E-state index is 13.3. The number of fused-ring (bicyclic) bond motifs is 1. The zero-order chi connectivity index (χ0) is 25.2. The zero-order valence-electron chi connectivity index (χ0n) is 18.5. The molecule has 3 aromatic carbocycles. The average Bonchev–Trinajstić information content (AvgIpc) is 3.25. The highest BCUT2D eigenvalue weighted by Gasteiger charge is 2.31. The summed E-state index contributed by atoms with van der Waals surface area (Å²) in [4.78, 5) is 11.7. The molecule has 1 aromatic heterocycles. The van der Waals surface area contributed by atoms with Crippen LogP contribution in [0.25, 0.3) is 16.6 Å². The lowest BCUT2D eigenvalue weighted by Gasteiger charge is -2.26. The third-order valence-corrected chi connectivity index (χ3v) is 5.43. The summed E-state index contributed by atoms with van der Waals surface area (Å²) in [6.45, 7) is 0.888. The number of rotatable bonds is 7. The van der Waals surface area contributed by atoms with Gasteiger partial charge in [0, 0.05) is 5.39 Å². The second kappa shape index (κ2) is 9.75. The van der Waals surface area contributed by atoms with Gasteiger partial charge in [-0.2, -0.15) is 18.3 Å². The van der Waals surface area contributed by atoms with Crippen molar-refractivity contribution in [3.05, 3.63) is 89.9 Å². The number of aliphatic hydroxyl groups excluding tert-OH is 1. The fourth-order valence-corrected chi connectivity index (χ4v) is 3.71. The molecule has 1 amide bonds. The highest BCUT2D eigenvalue weighted by atomic mass is 19.4. The quantitative estimate of drug-likeness (QED) is 0.367. The van der Waals surface area contributed by atoms with Gasteiger partial charge in [0.25, 0.3) is 0 Å². The molecule has 2 N–H and O–H groups in total. The molecule has 0 unspecified atom stereocenters. The number of halogens is 4. The maximum Gasteiger partial charge on any atom is 0.416 e. The summed E-state index contributed by atoms with van der Waals surface area (Å²) in [5.74, 6) is -0.613. The van der Waals surface area contributed by atoms with Crippen LogP contribution in [0, 0.1) is 5.82 Å². The highest BCUT2D eigenvalue weighted by Crippen LogP contribution is 2.32. The topological polar surface area (TPSA) is 76.4 Å². The van der Waals surface area contributed by atoms with Crippen LogP contribution in [-0.4, -0.2) is 33.4 Å². The normalized spacial score (nSPS) is 13.4. The van der Waals surface area contributed by atoms with Crippen LogP contribution in [0.5, 0.6) is 5.75 Å². The van der Waals surface area contributed by atoms with Gasteiger partial charge in [-0.3, -0.25) is 4.79 Å². The second-order valence-electron chi connectivity index (χ2n) is 7.93. The zero-order valence-corrected chi connectivity index (χ0v) is 18.5. The molecule has 0 fully saturated rings.